The van der Waals surface area contributed by atoms with Crippen LogP contribution in [0.4, 0.5) is 0 Å². The number of carbonyl (C=O) groups is 2. The van der Waals surface area contributed by atoms with Crippen LogP contribution in [0.25, 0.3) is 33.3 Å². The first-order chi connectivity index (χ1) is 17.4. The summed E-state index contributed by atoms with van der Waals surface area (Å²) in [6.45, 7) is -0.0667. The van der Waals surface area contributed by atoms with Gasteiger partial charge in [-0.05, 0) is 52.6 Å². The number of aromatic carboxylic acids is 2. The van der Waals surface area contributed by atoms with Gasteiger partial charge in [0, 0.05) is 5.56 Å². The maximum Gasteiger partial charge on any atom is 0.335 e. The van der Waals surface area contributed by atoms with Gasteiger partial charge in [-0.15, -0.1) is 0 Å². The molecular weight excluding hydrogens is 480 g/mol. The molecule has 1 heterocycles. The van der Waals surface area contributed by atoms with Crippen LogP contribution in [-0.2, 0) is 6.61 Å². The summed E-state index contributed by atoms with van der Waals surface area (Å²) >= 11 is 6.57. The molecule has 0 saturated heterocycles. The van der Waals surface area contributed by atoms with E-state index in [9.17, 15) is 19.8 Å². The van der Waals surface area contributed by atoms with Gasteiger partial charge in [-0.2, -0.15) is 4.98 Å². The summed E-state index contributed by atoms with van der Waals surface area (Å²) in [6.07, 6.45) is 0. The van der Waals surface area contributed by atoms with Gasteiger partial charge in [0.25, 0.3) is 6.01 Å². The predicted molar refractivity (Wildman–Crippen MR) is 137 cm³/mol. The highest BCUT2D eigenvalue weighted by Gasteiger charge is 2.14. The van der Waals surface area contributed by atoms with Crippen molar-refractivity contribution in [1.29, 1.82) is 0 Å². The van der Waals surface area contributed by atoms with E-state index in [-0.39, 0.29) is 23.7 Å². The Hall–Kier alpha value is -4.62. The lowest BCUT2D eigenvalue weighted by Gasteiger charge is -2.07. The zero-order valence-electron chi connectivity index (χ0n) is 18.7. The summed E-state index contributed by atoms with van der Waals surface area (Å²) in [5.41, 5.74) is 5.44. The Balaban J connectivity index is 1.39. The number of halogens is 1. The third-order valence-electron chi connectivity index (χ3n) is 5.71. The van der Waals surface area contributed by atoms with E-state index < -0.39 is 11.9 Å². The molecule has 0 aliphatic rings. The monoisotopic (exact) mass is 498 g/mol. The van der Waals surface area contributed by atoms with E-state index in [0.717, 1.165) is 28.3 Å². The van der Waals surface area contributed by atoms with Crippen LogP contribution in [0.15, 0.2) is 84.9 Å². The Morgan fingerprint density at radius 2 is 1.42 bits per heavy atom. The molecule has 3 N–H and O–H groups in total. The number of aromatic amines is 1. The molecule has 0 radical (unpaired) electrons. The van der Waals surface area contributed by atoms with Crippen molar-refractivity contribution in [3.8, 4) is 28.3 Å². The van der Waals surface area contributed by atoms with Crippen LogP contribution in [-0.4, -0.2) is 32.1 Å². The molecule has 0 aliphatic heterocycles. The van der Waals surface area contributed by atoms with Crippen LogP contribution < -0.4 is 4.74 Å². The van der Waals surface area contributed by atoms with Crippen molar-refractivity contribution in [2.45, 2.75) is 6.61 Å². The van der Waals surface area contributed by atoms with E-state index in [1.165, 1.54) is 12.1 Å². The Kier molecular flexibility index (Phi) is 6.14. The van der Waals surface area contributed by atoms with Crippen molar-refractivity contribution in [2.75, 3.05) is 0 Å². The summed E-state index contributed by atoms with van der Waals surface area (Å²) in [5.74, 6) is -2.44. The summed E-state index contributed by atoms with van der Waals surface area (Å²) in [6, 6.07) is 25.9. The normalized spacial score (nSPS) is 10.9. The second kappa shape index (κ2) is 9.56. The topological polar surface area (TPSA) is 113 Å². The van der Waals surface area contributed by atoms with E-state index in [2.05, 4.69) is 22.1 Å². The van der Waals surface area contributed by atoms with Crippen LogP contribution in [0.3, 0.4) is 0 Å². The Labute approximate surface area is 210 Å². The molecule has 0 atom stereocenters. The molecule has 0 unspecified atom stereocenters. The van der Waals surface area contributed by atoms with Gasteiger partial charge in [0.05, 0.1) is 27.2 Å². The number of hydrogen-bond acceptors (Lipinski definition) is 4. The molecule has 0 saturated carbocycles. The highest BCUT2D eigenvalue weighted by Crippen LogP contribution is 2.33. The molecule has 0 bridgehead atoms. The lowest BCUT2D eigenvalue weighted by atomic mass is 10.00. The van der Waals surface area contributed by atoms with Crippen LogP contribution in [0, 0.1) is 0 Å². The van der Waals surface area contributed by atoms with Crippen LogP contribution in [0.2, 0.25) is 5.02 Å². The molecule has 0 amide bonds. The van der Waals surface area contributed by atoms with E-state index in [0.29, 0.717) is 21.6 Å². The van der Waals surface area contributed by atoms with Crippen molar-refractivity contribution in [1.82, 2.24) is 9.97 Å². The van der Waals surface area contributed by atoms with E-state index in [4.69, 9.17) is 16.3 Å². The minimum atomic E-state index is -1.22. The number of rotatable bonds is 7. The zero-order chi connectivity index (χ0) is 25.2. The molecule has 7 nitrogen and oxygen atoms in total. The maximum atomic E-state index is 11.3. The zero-order valence-corrected chi connectivity index (χ0v) is 19.5. The molecule has 36 heavy (non-hydrogen) atoms. The standard InChI is InChI=1S/C28H19ClN2O5/c29-23-14-25-24(13-22(23)19-8-6-18(7-9-19)17-4-2-1-3-5-17)30-28(31-25)36-15-16-10-20(26(32)33)12-21(11-16)27(34)35/h1-14H,15H2,(H,30,31)(H,32,33)(H,34,35). The quantitative estimate of drug-likeness (QED) is 0.235. The Morgan fingerprint density at radius 1 is 0.806 bits per heavy atom. The number of nitrogens with zero attached hydrogens (tertiary/aromatic N) is 1. The first-order valence-electron chi connectivity index (χ1n) is 11.0. The van der Waals surface area contributed by atoms with Gasteiger partial charge in [0.15, 0.2) is 0 Å². The second-order valence-electron chi connectivity index (χ2n) is 8.15. The van der Waals surface area contributed by atoms with Crippen molar-refractivity contribution >= 4 is 34.6 Å². The number of imidazole rings is 1. The van der Waals surface area contributed by atoms with E-state index >= 15 is 0 Å². The lowest BCUT2D eigenvalue weighted by molar-refractivity contribution is 0.0696. The van der Waals surface area contributed by atoms with Gasteiger partial charge in [0.2, 0.25) is 0 Å². The number of H-pyrrole nitrogens is 1. The summed E-state index contributed by atoms with van der Waals surface area (Å²) in [4.78, 5) is 30.2. The summed E-state index contributed by atoms with van der Waals surface area (Å²) in [7, 11) is 0. The SMILES string of the molecule is O=C(O)c1cc(COc2nc3cc(-c4ccc(-c5ccccc5)cc4)c(Cl)cc3[nH]2)cc(C(=O)O)c1. The Bertz CT molecular complexity index is 1560. The van der Waals surface area contributed by atoms with Crippen molar-refractivity contribution in [2.24, 2.45) is 0 Å². The molecule has 5 rings (SSSR count). The molecule has 5 aromatic rings. The summed E-state index contributed by atoms with van der Waals surface area (Å²) < 4.78 is 5.70. The fraction of sp³-hybridized carbons (Fsp3) is 0.0357. The van der Waals surface area contributed by atoms with Gasteiger partial charge in [-0.1, -0.05) is 66.2 Å². The fourth-order valence-corrected chi connectivity index (χ4v) is 4.22. The molecule has 178 valence electrons. The third-order valence-corrected chi connectivity index (χ3v) is 6.03. The minimum Gasteiger partial charge on any atom is -0.478 e. The molecule has 0 fully saturated rings. The third kappa shape index (κ3) is 4.78. The molecule has 0 spiro atoms. The molecule has 4 aromatic carbocycles. The first kappa shape index (κ1) is 23.1. The highest BCUT2D eigenvalue weighted by molar-refractivity contribution is 6.34. The maximum absolute atomic E-state index is 11.3. The number of aromatic nitrogens is 2. The average Bonchev–Trinajstić information content (AvgIpc) is 3.29. The fourth-order valence-electron chi connectivity index (χ4n) is 3.94. The number of fused-ring (bicyclic) bond motifs is 1. The van der Waals surface area contributed by atoms with E-state index in [1.807, 2.05) is 48.5 Å². The largest absolute Gasteiger partial charge is 0.478 e. The number of benzene rings is 4. The smallest absolute Gasteiger partial charge is 0.335 e. The second-order valence-corrected chi connectivity index (χ2v) is 8.56. The van der Waals surface area contributed by atoms with Gasteiger partial charge in [-0.25, -0.2) is 9.59 Å². The Morgan fingerprint density at radius 3 is 2.06 bits per heavy atom. The van der Waals surface area contributed by atoms with Gasteiger partial charge in [0.1, 0.15) is 6.61 Å². The summed E-state index contributed by atoms with van der Waals surface area (Å²) in [5, 5.41) is 19.0. The van der Waals surface area contributed by atoms with Crippen molar-refractivity contribution in [3.63, 3.8) is 0 Å². The van der Waals surface area contributed by atoms with Crippen molar-refractivity contribution in [3.05, 3.63) is 107 Å². The molecular formula is C28H19ClN2O5. The van der Waals surface area contributed by atoms with Gasteiger partial charge >= 0.3 is 11.9 Å². The van der Waals surface area contributed by atoms with Crippen LogP contribution >= 0.6 is 11.6 Å². The van der Waals surface area contributed by atoms with Crippen molar-refractivity contribution < 1.29 is 24.5 Å². The molecule has 8 heteroatoms. The van der Waals surface area contributed by atoms with Crippen LogP contribution in [0.1, 0.15) is 26.3 Å². The van der Waals surface area contributed by atoms with Gasteiger partial charge in [-0.3, -0.25) is 0 Å². The number of carboxylic acids is 2. The molecule has 0 aliphatic carbocycles. The number of hydrogen-bond donors (Lipinski definition) is 3. The number of nitrogens with one attached hydrogen (secondary N) is 1. The molecule has 1 aromatic heterocycles. The average molecular weight is 499 g/mol. The highest BCUT2D eigenvalue weighted by atomic mass is 35.5. The number of carboxylic acid groups (broad SMARTS) is 2. The number of ether oxygens (including phenoxy) is 1. The predicted octanol–water partition coefficient (Wildman–Crippen LogP) is 6.53. The minimum absolute atomic E-state index is 0.0667. The van der Waals surface area contributed by atoms with Gasteiger partial charge < -0.3 is 19.9 Å². The first-order valence-corrected chi connectivity index (χ1v) is 11.3. The van der Waals surface area contributed by atoms with Crippen LogP contribution in [0.5, 0.6) is 6.01 Å². The van der Waals surface area contributed by atoms with E-state index in [1.54, 1.807) is 6.07 Å². The lowest BCUT2D eigenvalue weighted by Crippen LogP contribution is -2.06.